The molecule has 1 N–H and O–H groups in total. The molecule has 2 aromatic carbocycles. The monoisotopic (exact) mass is 458 g/mol. The van der Waals surface area contributed by atoms with Gasteiger partial charge in [0.1, 0.15) is 18.0 Å². The van der Waals surface area contributed by atoms with Gasteiger partial charge in [-0.2, -0.15) is 0 Å². The molecule has 176 valence electrons. The largest absolute Gasteiger partial charge is 0.378 e. The highest BCUT2D eigenvalue weighted by Gasteiger charge is 2.19. The van der Waals surface area contributed by atoms with Gasteiger partial charge in [-0.3, -0.25) is 9.69 Å². The number of benzene rings is 2. The maximum absolute atomic E-state index is 12.8. The molecule has 1 aromatic heterocycles. The zero-order valence-corrected chi connectivity index (χ0v) is 19.3. The summed E-state index contributed by atoms with van der Waals surface area (Å²) in [5.74, 6) is 1.18. The summed E-state index contributed by atoms with van der Waals surface area (Å²) in [7, 11) is 0. The standard InChI is InChI=1S/C26H30N6O2/c33-26(22-6-8-23(9-7-22)31-14-16-34-17-15-31)29-24-18-25(28-20-27-24)32-12-10-30(11-13-32)19-21-4-2-1-3-5-21/h1-9,18,20H,10-17,19H2,(H,27,28,29,33). The van der Waals surface area contributed by atoms with Crippen LogP contribution in [0.3, 0.4) is 0 Å². The van der Waals surface area contributed by atoms with Gasteiger partial charge in [0.05, 0.1) is 13.2 Å². The van der Waals surface area contributed by atoms with Crippen molar-refractivity contribution >= 4 is 23.2 Å². The second kappa shape index (κ2) is 10.6. The van der Waals surface area contributed by atoms with Crippen LogP contribution in [0.15, 0.2) is 67.0 Å². The lowest BCUT2D eigenvalue weighted by Crippen LogP contribution is -2.46. The van der Waals surface area contributed by atoms with Gasteiger partial charge in [0.15, 0.2) is 0 Å². The maximum Gasteiger partial charge on any atom is 0.256 e. The van der Waals surface area contributed by atoms with Crippen LogP contribution >= 0.6 is 0 Å². The van der Waals surface area contributed by atoms with Crippen molar-refractivity contribution in [2.24, 2.45) is 0 Å². The fourth-order valence-corrected chi connectivity index (χ4v) is 4.40. The molecule has 0 radical (unpaired) electrons. The van der Waals surface area contributed by atoms with Crippen LogP contribution in [0, 0.1) is 0 Å². The SMILES string of the molecule is O=C(Nc1cc(N2CCN(Cc3ccccc3)CC2)ncn1)c1ccc(N2CCOCC2)cc1. The van der Waals surface area contributed by atoms with Gasteiger partial charge < -0.3 is 19.9 Å². The van der Waals surface area contributed by atoms with Gasteiger partial charge in [0.25, 0.3) is 5.91 Å². The van der Waals surface area contributed by atoms with E-state index >= 15 is 0 Å². The van der Waals surface area contributed by atoms with E-state index < -0.39 is 0 Å². The number of hydrogen-bond donors (Lipinski definition) is 1. The lowest BCUT2D eigenvalue weighted by atomic mass is 10.1. The van der Waals surface area contributed by atoms with Crippen molar-refractivity contribution in [1.29, 1.82) is 0 Å². The lowest BCUT2D eigenvalue weighted by molar-refractivity contribution is 0.102. The number of piperazine rings is 1. The number of anilines is 3. The predicted molar refractivity (Wildman–Crippen MR) is 133 cm³/mol. The van der Waals surface area contributed by atoms with E-state index in [2.05, 4.69) is 54.2 Å². The van der Waals surface area contributed by atoms with Crippen molar-refractivity contribution in [3.63, 3.8) is 0 Å². The molecule has 1 amide bonds. The maximum atomic E-state index is 12.8. The summed E-state index contributed by atoms with van der Waals surface area (Å²) >= 11 is 0. The number of carbonyl (C=O) groups is 1. The van der Waals surface area contributed by atoms with Crippen LogP contribution in [0.1, 0.15) is 15.9 Å². The summed E-state index contributed by atoms with van der Waals surface area (Å²) in [6, 6.07) is 20.1. The van der Waals surface area contributed by atoms with Crippen LogP contribution in [-0.2, 0) is 11.3 Å². The molecule has 5 rings (SSSR count). The number of morpholine rings is 1. The third kappa shape index (κ3) is 5.52. The quantitative estimate of drug-likeness (QED) is 0.609. The number of carbonyl (C=O) groups excluding carboxylic acids is 1. The van der Waals surface area contributed by atoms with E-state index in [1.54, 1.807) is 0 Å². The van der Waals surface area contributed by atoms with Crippen molar-refractivity contribution in [2.75, 3.05) is 67.6 Å². The Hall–Kier alpha value is -3.49. The Morgan fingerprint density at radius 2 is 1.59 bits per heavy atom. The van der Waals surface area contributed by atoms with E-state index in [1.807, 2.05) is 36.4 Å². The van der Waals surface area contributed by atoms with Gasteiger partial charge in [-0.05, 0) is 29.8 Å². The molecule has 34 heavy (non-hydrogen) atoms. The Bertz CT molecular complexity index is 1080. The molecule has 0 saturated carbocycles. The normalized spacial score (nSPS) is 16.9. The first-order valence-electron chi connectivity index (χ1n) is 11.8. The Kier molecular flexibility index (Phi) is 6.97. The molecule has 0 aliphatic carbocycles. The summed E-state index contributed by atoms with van der Waals surface area (Å²) < 4.78 is 5.41. The molecular weight excluding hydrogens is 428 g/mol. The summed E-state index contributed by atoms with van der Waals surface area (Å²) in [4.78, 5) is 28.5. The Balaban J connectivity index is 1.16. The molecular formula is C26H30N6O2. The minimum absolute atomic E-state index is 0.175. The van der Waals surface area contributed by atoms with Gasteiger partial charge in [-0.25, -0.2) is 9.97 Å². The Labute approximate surface area is 200 Å². The minimum atomic E-state index is -0.175. The van der Waals surface area contributed by atoms with Crippen molar-refractivity contribution in [1.82, 2.24) is 14.9 Å². The van der Waals surface area contributed by atoms with Crippen molar-refractivity contribution in [3.8, 4) is 0 Å². The van der Waals surface area contributed by atoms with Gasteiger partial charge in [-0.1, -0.05) is 30.3 Å². The molecule has 3 aromatic rings. The number of ether oxygens (including phenoxy) is 1. The second-order valence-electron chi connectivity index (χ2n) is 8.61. The number of rotatable bonds is 6. The number of nitrogens with one attached hydrogen (secondary N) is 1. The molecule has 0 spiro atoms. The van der Waals surface area contributed by atoms with E-state index in [-0.39, 0.29) is 5.91 Å². The Morgan fingerprint density at radius 1 is 0.853 bits per heavy atom. The van der Waals surface area contributed by atoms with Gasteiger partial charge in [-0.15, -0.1) is 0 Å². The minimum Gasteiger partial charge on any atom is -0.378 e. The van der Waals surface area contributed by atoms with E-state index in [4.69, 9.17) is 4.74 Å². The summed E-state index contributed by atoms with van der Waals surface area (Å²) in [5.41, 5.74) is 3.04. The van der Waals surface area contributed by atoms with Crippen LogP contribution in [0.2, 0.25) is 0 Å². The molecule has 8 nitrogen and oxygen atoms in total. The van der Waals surface area contributed by atoms with E-state index in [0.29, 0.717) is 11.4 Å². The number of amides is 1. The molecule has 0 atom stereocenters. The highest BCUT2D eigenvalue weighted by molar-refractivity contribution is 6.04. The topological polar surface area (TPSA) is 73.8 Å². The second-order valence-corrected chi connectivity index (χ2v) is 8.61. The van der Waals surface area contributed by atoms with Crippen molar-refractivity contribution in [3.05, 3.63) is 78.1 Å². The van der Waals surface area contributed by atoms with Crippen LogP contribution in [0.4, 0.5) is 17.3 Å². The molecule has 0 bridgehead atoms. The van der Waals surface area contributed by atoms with Gasteiger partial charge in [0.2, 0.25) is 0 Å². The first-order chi connectivity index (χ1) is 16.7. The van der Waals surface area contributed by atoms with Crippen LogP contribution in [0.5, 0.6) is 0 Å². The molecule has 0 unspecified atom stereocenters. The average molecular weight is 459 g/mol. The molecule has 3 heterocycles. The third-order valence-corrected chi connectivity index (χ3v) is 6.35. The fourth-order valence-electron chi connectivity index (χ4n) is 4.40. The number of aromatic nitrogens is 2. The zero-order chi connectivity index (χ0) is 23.2. The highest BCUT2D eigenvalue weighted by atomic mass is 16.5. The van der Waals surface area contributed by atoms with E-state index in [9.17, 15) is 4.79 Å². The van der Waals surface area contributed by atoms with Crippen molar-refractivity contribution < 1.29 is 9.53 Å². The predicted octanol–water partition coefficient (Wildman–Crippen LogP) is 2.89. The first kappa shape index (κ1) is 22.3. The van der Waals surface area contributed by atoms with Crippen LogP contribution < -0.4 is 15.1 Å². The van der Waals surface area contributed by atoms with Crippen LogP contribution in [0.25, 0.3) is 0 Å². The molecule has 2 fully saturated rings. The average Bonchev–Trinajstić information content (AvgIpc) is 2.90. The van der Waals surface area contributed by atoms with Crippen molar-refractivity contribution in [2.45, 2.75) is 6.54 Å². The smallest absolute Gasteiger partial charge is 0.256 e. The third-order valence-electron chi connectivity index (χ3n) is 6.35. The van der Waals surface area contributed by atoms with E-state index in [0.717, 1.165) is 70.5 Å². The fraction of sp³-hybridized carbons (Fsp3) is 0.346. The first-order valence-corrected chi connectivity index (χ1v) is 11.8. The molecule has 8 heteroatoms. The lowest BCUT2D eigenvalue weighted by Gasteiger charge is -2.35. The summed E-state index contributed by atoms with van der Waals surface area (Å²) in [6.07, 6.45) is 1.52. The number of nitrogens with zero attached hydrogens (tertiary/aromatic N) is 5. The summed E-state index contributed by atoms with van der Waals surface area (Å²) in [6.45, 7) is 7.89. The van der Waals surface area contributed by atoms with Gasteiger partial charge >= 0.3 is 0 Å². The van der Waals surface area contributed by atoms with E-state index in [1.165, 1.54) is 11.9 Å². The molecule has 2 saturated heterocycles. The number of hydrogen-bond acceptors (Lipinski definition) is 7. The van der Waals surface area contributed by atoms with Gasteiger partial charge in [0, 0.05) is 63.1 Å². The summed E-state index contributed by atoms with van der Waals surface area (Å²) in [5, 5.41) is 2.92. The van der Waals surface area contributed by atoms with Crippen LogP contribution in [-0.4, -0.2) is 73.3 Å². The zero-order valence-electron chi connectivity index (χ0n) is 19.3. The molecule has 2 aliphatic heterocycles. The Morgan fingerprint density at radius 3 is 2.32 bits per heavy atom. The molecule has 2 aliphatic rings. The highest BCUT2D eigenvalue weighted by Crippen LogP contribution is 2.20.